The van der Waals surface area contributed by atoms with E-state index < -0.39 is 0 Å². The lowest BCUT2D eigenvalue weighted by Crippen LogP contribution is -2.24. The molecule has 1 aromatic carbocycles. The first-order valence-corrected chi connectivity index (χ1v) is 7.56. The van der Waals surface area contributed by atoms with Gasteiger partial charge in [0, 0.05) is 12.0 Å². The van der Waals surface area contributed by atoms with E-state index in [2.05, 4.69) is 40.8 Å². The van der Waals surface area contributed by atoms with Crippen LogP contribution in [0.2, 0.25) is 0 Å². The summed E-state index contributed by atoms with van der Waals surface area (Å²) >= 11 is 3.48. The Balaban J connectivity index is 1.98. The molecule has 1 aliphatic heterocycles. The van der Waals surface area contributed by atoms with Crippen molar-refractivity contribution in [3.8, 4) is 17.4 Å². The number of nitrogens with two attached hydrogens (primary N) is 1. The molecule has 0 atom stereocenters. The highest BCUT2D eigenvalue weighted by atomic mass is 79.9. The molecule has 0 spiro atoms. The minimum Gasteiger partial charge on any atom is -0.483 e. The van der Waals surface area contributed by atoms with Gasteiger partial charge in [0.25, 0.3) is 0 Å². The molecule has 110 valence electrons. The van der Waals surface area contributed by atoms with E-state index in [0.29, 0.717) is 17.3 Å². The molecule has 0 bridgehead atoms. The van der Waals surface area contributed by atoms with Crippen molar-refractivity contribution in [1.29, 1.82) is 0 Å². The zero-order chi connectivity index (χ0) is 15.2. The van der Waals surface area contributed by atoms with Gasteiger partial charge in [-0.25, -0.2) is 4.98 Å². The van der Waals surface area contributed by atoms with Crippen LogP contribution in [0.15, 0.2) is 28.9 Å². The van der Waals surface area contributed by atoms with Gasteiger partial charge in [-0.1, -0.05) is 12.1 Å². The molecule has 0 saturated carbocycles. The fraction of sp³-hybridized carbons (Fsp3) is 0.312. The van der Waals surface area contributed by atoms with Crippen molar-refractivity contribution in [1.82, 2.24) is 4.98 Å². The van der Waals surface area contributed by atoms with Crippen molar-refractivity contribution in [2.45, 2.75) is 32.8 Å². The van der Waals surface area contributed by atoms with Crippen molar-refractivity contribution in [3.63, 3.8) is 0 Å². The maximum Gasteiger partial charge on any atom is 0.234 e. The van der Waals surface area contributed by atoms with Gasteiger partial charge in [-0.05, 0) is 48.3 Å². The molecule has 1 aliphatic rings. The van der Waals surface area contributed by atoms with Gasteiger partial charge in [0.05, 0.1) is 16.4 Å². The molecular weight excluding hydrogens is 332 g/mol. The van der Waals surface area contributed by atoms with E-state index in [1.54, 1.807) is 6.20 Å². The second kappa shape index (κ2) is 4.91. The lowest BCUT2D eigenvalue weighted by molar-refractivity contribution is 0.135. The summed E-state index contributed by atoms with van der Waals surface area (Å²) in [4.78, 5) is 4.25. The molecule has 2 N–H and O–H groups in total. The van der Waals surface area contributed by atoms with Crippen LogP contribution < -0.4 is 15.2 Å². The highest BCUT2D eigenvalue weighted by molar-refractivity contribution is 9.10. The second-order valence-corrected chi connectivity index (χ2v) is 6.64. The van der Waals surface area contributed by atoms with Crippen LogP contribution >= 0.6 is 15.9 Å². The summed E-state index contributed by atoms with van der Waals surface area (Å²) in [6, 6.07) is 5.92. The molecule has 0 unspecified atom stereocenters. The van der Waals surface area contributed by atoms with Gasteiger partial charge in [-0.3, -0.25) is 0 Å². The monoisotopic (exact) mass is 348 g/mol. The van der Waals surface area contributed by atoms with Crippen molar-refractivity contribution in [2.75, 3.05) is 5.73 Å². The molecule has 5 heteroatoms. The minimum atomic E-state index is -0.205. The molecule has 0 radical (unpaired) electrons. The lowest BCUT2D eigenvalue weighted by atomic mass is 10.0. The van der Waals surface area contributed by atoms with E-state index in [4.69, 9.17) is 15.2 Å². The fourth-order valence-electron chi connectivity index (χ4n) is 2.41. The number of hydrogen-bond donors (Lipinski definition) is 1. The van der Waals surface area contributed by atoms with Crippen LogP contribution in [0.1, 0.15) is 25.0 Å². The SMILES string of the molecule is Cc1c(N)cnc(Oc2cccc3c2OC(C)(C)C3)c1Br. The van der Waals surface area contributed by atoms with Gasteiger partial charge in [0.2, 0.25) is 5.88 Å². The van der Waals surface area contributed by atoms with Gasteiger partial charge in [0.1, 0.15) is 5.60 Å². The Morgan fingerprint density at radius 3 is 2.90 bits per heavy atom. The molecule has 3 rings (SSSR count). The number of nitrogens with zero attached hydrogens (tertiary/aromatic N) is 1. The number of nitrogen functional groups attached to an aromatic ring is 1. The number of benzene rings is 1. The number of para-hydroxylation sites is 1. The van der Waals surface area contributed by atoms with Gasteiger partial charge in [0.15, 0.2) is 11.5 Å². The van der Waals surface area contributed by atoms with E-state index in [-0.39, 0.29) is 5.60 Å². The van der Waals surface area contributed by atoms with Crippen LogP contribution in [-0.2, 0) is 6.42 Å². The largest absolute Gasteiger partial charge is 0.483 e. The quantitative estimate of drug-likeness (QED) is 0.881. The molecule has 1 aromatic heterocycles. The smallest absolute Gasteiger partial charge is 0.234 e. The average molecular weight is 349 g/mol. The lowest BCUT2D eigenvalue weighted by Gasteiger charge is -2.18. The molecule has 0 aliphatic carbocycles. The predicted octanol–water partition coefficient (Wildman–Crippen LogP) is 4.24. The third-order valence-corrected chi connectivity index (χ3v) is 4.47. The topological polar surface area (TPSA) is 57.4 Å². The highest BCUT2D eigenvalue weighted by Gasteiger charge is 2.32. The summed E-state index contributed by atoms with van der Waals surface area (Å²) in [5.41, 5.74) is 8.33. The summed E-state index contributed by atoms with van der Waals surface area (Å²) in [6.45, 7) is 6.06. The van der Waals surface area contributed by atoms with Gasteiger partial charge in [-0.2, -0.15) is 0 Å². The first-order valence-electron chi connectivity index (χ1n) is 6.77. The number of rotatable bonds is 2. The Hall–Kier alpha value is -1.75. The van der Waals surface area contributed by atoms with Crippen molar-refractivity contribution < 1.29 is 9.47 Å². The minimum absolute atomic E-state index is 0.205. The van der Waals surface area contributed by atoms with Crippen molar-refractivity contribution in [2.24, 2.45) is 0 Å². The van der Waals surface area contributed by atoms with Crippen LogP contribution in [0.3, 0.4) is 0 Å². The Bertz CT molecular complexity index is 714. The van der Waals surface area contributed by atoms with E-state index in [0.717, 1.165) is 27.8 Å². The number of halogens is 1. The molecule has 4 nitrogen and oxygen atoms in total. The number of pyridine rings is 1. The maximum absolute atomic E-state index is 6.00. The third kappa shape index (κ3) is 2.58. The Morgan fingerprint density at radius 1 is 1.38 bits per heavy atom. The number of aromatic nitrogens is 1. The predicted molar refractivity (Wildman–Crippen MR) is 86.0 cm³/mol. The van der Waals surface area contributed by atoms with E-state index in [1.165, 1.54) is 0 Å². The molecule has 2 heterocycles. The van der Waals surface area contributed by atoms with Crippen LogP contribution in [0.4, 0.5) is 5.69 Å². The fourth-order valence-corrected chi connectivity index (χ4v) is 2.82. The standard InChI is InChI=1S/C16H17BrN2O2/c1-9-11(18)8-19-15(13(9)17)20-12-6-4-5-10-7-16(2,3)21-14(10)12/h4-6,8H,7,18H2,1-3H3. The molecule has 2 aromatic rings. The van der Waals surface area contributed by atoms with Crippen LogP contribution in [0.5, 0.6) is 17.4 Å². The number of fused-ring (bicyclic) bond motifs is 1. The number of anilines is 1. The van der Waals surface area contributed by atoms with E-state index in [1.807, 2.05) is 19.1 Å². The molecule has 0 fully saturated rings. The summed E-state index contributed by atoms with van der Waals surface area (Å²) in [5, 5.41) is 0. The van der Waals surface area contributed by atoms with Crippen molar-refractivity contribution in [3.05, 3.63) is 40.0 Å². The molecule has 0 amide bonds. The molecule has 0 saturated heterocycles. The third-order valence-electron chi connectivity index (χ3n) is 3.53. The molecular formula is C16H17BrN2O2. The van der Waals surface area contributed by atoms with Crippen LogP contribution in [0.25, 0.3) is 0 Å². The summed E-state index contributed by atoms with van der Waals surface area (Å²) in [6.07, 6.45) is 2.47. The Kier molecular flexibility index (Phi) is 3.32. The first kappa shape index (κ1) is 14.2. The Labute approximate surface area is 132 Å². The first-order chi connectivity index (χ1) is 9.87. The van der Waals surface area contributed by atoms with Crippen molar-refractivity contribution >= 4 is 21.6 Å². The summed E-state index contributed by atoms with van der Waals surface area (Å²) in [7, 11) is 0. The normalized spacial score (nSPS) is 15.4. The summed E-state index contributed by atoms with van der Waals surface area (Å²) < 4.78 is 12.7. The molecule has 21 heavy (non-hydrogen) atoms. The van der Waals surface area contributed by atoms with E-state index in [9.17, 15) is 0 Å². The highest BCUT2D eigenvalue weighted by Crippen LogP contribution is 2.44. The number of ether oxygens (including phenoxy) is 2. The van der Waals surface area contributed by atoms with E-state index >= 15 is 0 Å². The zero-order valence-electron chi connectivity index (χ0n) is 12.2. The van der Waals surface area contributed by atoms with Gasteiger partial charge in [-0.15, -0.1) is 0 Å². The average Bonchev–Trinajstić information content (AvgIpc) is 2.74. The van der Waals surface area contributed by atoms with Gasteiger partial charge < -0.3 is 15.2 Å². The summed E-state index contributed by atoms with van der Waals surface area (Å²) in [5.74, 6) is 1.96. The maximum atomic E-state index is 6.00. The second-order valence-electron chi connectivity index (χ2n) is 5.84. The van der Waals surface area contributed by atoms with Crippen LogP contribution in [0, 0.1) is 6.92 Å². The van der Waals surface area contributed by atoms with Crippen LogP contribution in [-0.4, -0.2) is 10.6 Å². The van der Waals surface area contributed by atoms with Gasteiger partial charge >= 0.3 is 0 Å². The Morgan fingerprint density at radius 2 is 2.14 bits per heavy atom. The number of hydrogen-bond acceptors (Lipinski definition) is 4. The zero-order valence-corrected chi connectivity index (χ0v) is 13.8.